The second-order valence-electron chi connectivity index (χ2n) is 6.83. The van der Waals surface area contributed by atoms with Crippen molar-refractivity contribution in [3.63, 3.8) is 0 Å². The SMILES string of the molecule is Clc1cc(-c2ccnc(N3CCNCC3)c2)cc(Cl)c1OCCc1ccccn1. The first-order valence-electron chi connectivity index (χ1n) is 9.64. The third-order valence-electron chi connectivity index (χ3n) is 4.85. The molecule has 5 nitrogen and oxygen atoms in total. The van der Waals surface area contributed by atoms with Crippen molar-refractivity contribution < 1.29 is 4.74 Å². The average Bonchev–Trinajstić information content (AvgIpc) is 2.77. The van der Waals surface area contributed by atoms with E-state index >= 15 is 0 Å². The minimum atomic E-state index is 0.457. The van der Waals surface area contributed by atoms with Gasteiger partial charge in [-0.3, -0.25) is 4.98 Å². The van der Waals surface area contributed by atoms with Crippen LogP contribution in [0, 0.1) is 0 Å². The van der Waals surface area contributed by atoms with Crippen LogP contribution in [0.15, 0.2) is 54.9 Å². The Hall–Kier alpha value is -2.34. The molecule has 3 aromatic rings. The molecule has 0 spiro atoms. The monoisotopic (exact) mass is 428 g/mol. The number of aromatic nitrogens is 2. The molecule has 1 aliphatic heterocycles. The molecule has 1 aromatic carbocycles. The lowest BCUT2D eigenvalue weighted by molar-refractivity contribution is 0.321. The van der Waals surface area contributed by atoms with Gasteiger partial charge in [-0.15, -0.1) is 0 Å². The van der Waals surface area contributed by atoms with Crippen LogP contribution < -0.4 is 15.0 Å². The first-order valence-corrected chi connectivity index (χ1v) is 10.4. The number of piperazine rings is 1. The standard InChI is InChI=1S/C22H22Cl2N4O/c23-19-13-17(16-4-7-27-21(15-16)28-10-8-25-9-11-28)14-20(24)22(19)29-12-5-18-3-1-2-6-26-18/h1-4,6-7,13-15,25H,5,8-12H2. The van der Waals surface area contributed by atoms with Crippen molar-refractivity contribution in [2.45, 2.75) is 6.42 Å². The van der Waals surface area contributed by atoms with Crippen LogP contribution in [0.1, 0.15) is 5.69 Å². The number of rotatable bonds is 6. The lowest BCUT2D eigenvalue weighted by Gasteiger charge is -2.28. The van der Waals surface area contributed by atoms with Crippen molar-refractivity contribution in [2.24, 2.45) is 0 Å². The molecule has 4 rings (SSSR count). The van der Waals surface area contributed by atoms with Gasteiger partial charge in [-0.05, 0) is 47.5 Å². The Bertz CT molecular complexity index is 939. The smallest absolute Gasteiger partial charge is 0.156 e. The number of nitrogens with one attached hydrogen (secondary N) is 1. The number of hydrogen-bond acceptors (Lipinski definition) is 5. The molecule has 1 aliphatic rings. The van der Waals surface area contributed by atoms with Gasteiger partial charge in [-0.1, -0.05) is 29.3 Å². The van der Waals surface area contributed by atoms with Crippen molar-refractivity contribution in [3.05, 3.63) is 70.6 Å². The summed E-state index contributed by atoms with van der Waals surface area (Å²) in [6.07, 6.45) is 4.28. The second-order valence-corrected chi connectivity index (χ2v) is 7.64. The fourth-order valence-electron chi connectivity index (χ4n) is 3.33. The van der Waals surface area contributed by atoms with Crippen molar-refractivity contribution in [2.75, 3.05) is 37.7 Å². The Morgan fingerprint density at radius 1 is 0.931 bits per heavy atom. The van der Waals surface area contributed by atoms with E-state index in [1.807, 2.05) is 42.6 Å². The number of pyridine rings is 2. The van der Waals surface area contributed by atoms with E-state index in [1.54, 1.807) is 6.20 Å². The van der Waals surface area contributed by atoms with Gasteiger partial charge in [-0.2, -0.15) is 0 Å². The molecule has 0 atom stereocenters. The van der Waals surface area contributed by atoms with Gasteiger partial charge >= 0.3 is 0 Å². The van der Waals surface area contributed by atoms with Gasteiger partial charge in [0.1, 0.15) is 5.82 Å². The van der Waals surface area contributed by atoms with Gasteiger partial charge in [0.2, 0.25) is 0 Å². The average molecular weight is 429 g/mol. The highest BCUT2D eigenvalue weighted by molar-refractivity contribution is 6.37. The summed E-state index contributed by atoms with van der Waals surface area (Å²) in [5.74, 6) is 1.47. The Kier molecular flexibility index (Phi) is 6.49. The van der Waals surface area contributed by atoms with E-state index in [9.17, 15) is 0 Å². The zero-order chi connectivity index (χ0) is 20.1. The molecular weight excluding hydrogens is 407 g/mol. The molecule has 0 unspecified atom stereocenters. The normalized spacial score (nSPS) is 14.1. The molecule has 150 valence electrons. The maximum atomic E-state index is 6.50. The molecule has 0 radical (unpaired) electrons. The molecule has 7 heteroatoms. The van der Waals surface area contributed by atoms with E-state index < -0.39 is 0 Å². The second kappa shape index (κ2) is 9.44. The predicted molar refractivity (Wildman–Crippen MR) is 118 cm³/mol. The molecule has 0 amide bonds. The van der Waals surface area contributed by atoms with Crippen molar-refractivity contribution in [1.29, 1.82) is 0 Å². The van der Waals surface area contributed by atoms with Crippen LogP contribution in [0.3, 0.4) is 0 Å². The third kappa shape index (κ3) is 4.99. The van der Waals surface area contributed by atoms with Gasteiger partial charge in [0.25, 0.3) is 0 Å². The lowest BCUT2D eigenvalue weighted by atomic mass is 10.1. The summed E-state index contributed by atoms with van der Waals surface area (Å²) in [4.78, 5) is 11.1. The van der Waals surface area contributed by atoms with Crippen LogP contribution in [-0.2, 0) is 6.42 Å². The van der Waals surface area contributed by atoms with E-state index in [-0.39, 0.29) is 0 Å². The highest BCUT2D eigenvalue weighted by Gasteiger charge is 2.15. The zero-order valence-electron chi connectivity index (χ0n) is 15.9. The summed E-state index contributed by atoms with van der Waals surface area (Å²) in [6, 6.07) is 13.6. The van der Waals surface area contributed by atoms with Crippen LogP contribution in [0.5, 0.6) is 5.75 Å². The molecule has 1 N–H and O–H groups in total. The number of nitrogens with zero attached hydrogens (tertiary/aromatic N) is 3. The maximum absolute atomic E-state index is 6.50. The molecule has 1 saturated heterocycles. The fraction of sp³-hybridized carbons (Fsp3) is 0.273. The van der Waals surface area contributed by atoms with Crippen LogP contribution in [-0.4, -0.2) is 42.8 Å². The van der Waals surface area contributed by atoms with Crippen LogP contribution in [0.2, 0.25) is 10.0 Å². The summed E-state index contributed by atoms with van der Waals surface area (Å²) >= 11 is 13.0. The zero-order valence-corrected chi connectivity index (χ0v) is 17.5. The van der Waals surface area contributed by atoms with Crippen molar-refractivity contribution in [1.82, 2.24) is 15.3 Å². The predicted octanol–water partition coefficient (Wildman–Crippen LogP) is 4.48. The minimum absolute atomic E-state index is 0.457. The van der Waals surface area contributed by atoms with E-state index in [1.165, 1.54) is 0 Å². The molecule has 29 heavy (non-hydrogen) atoms. The van der Waals surface area contributed by atoms with Crippen LogP contribution in [0.25, 0.3) is 11.1 Å². The summed E-state index contributed by atoms with van der Waals surface area (Å²) in [5, 5.41) is 4.35. The molecule has 0 bridgehead atoms. The molecule has 1 fully saturated rings. The molecule has 0 saturated carbocycles. The van der Waals surface area contributed by atoms with E-state index in [0.29, 0.717) is 28.8 Å². The first-order chi connectivity index (χ1) is 14.2. The largest absolute Gasteiger partial charge is 0.490 e. The van der Waals surface area contributed by atoms with E-state index in [0.717, 1.165) is 48.8 Å². The lowest BCUT2D eigenvalue weighted by Crippen LogP contribution is -2.43. The third-order valence-corrected chi connectivity index (χ3v) is 5.41. The minimum Gasteiger partial charge on any atom is -0.490 e. The first kappa shape index (κ1) is 20.0. The van der Waals surface area contributed by atoms with Gasteiger partial charge in [0.05, 0.1) is 16.7 Å². The summed E-state index contributed by atoms with van der Waals surface area (Å²) in [7, 11) is 0. The maximum Gasteiger partial charge on any atom is 0.156 e. The molecular formula is C22H22Cl2N4O. The van der Waals surface area contributed by atoms with E-state index in [2.05, 4.69) is 26.3 Å². The van der Waals surface area contributed by atoms with Crippen LogP contribution >= 0.6 is 23.2 Å². The van der Waals surface area contributed by atoms with Gasteiger partial charge < -0.3 is 15.0 Å². The number of anilines is 1. The number of ether oxygens (including phenoxy) is 1. The van der Waals surface area contributed by atoms with Crippen LogP contribution in [0.4, 0.5) is 5.82 Å². The Balaban J connectivity index is 1.49. The highest BCUT2D eigenvalue weighted by atomic mass is 35.5. The summed E-state index contributed by atoms with van der Waals surface area (Å²) in [5.41, 5.74) is 2.93. The van der Waals surface area contributed by atoms with E-state index in [4.69, 9.17) is 27.9 Å². The topological polar surface area (TPSA) is 50.3 Å². The fourth-order valence-corrected chi connectivity index (χ4v) is 3.93. The molecule has 3 heterocycles. The summed E-state index contributed by atoms with van der Waals surface area (Å²) < 4.78 is 5.85. The number of halogens is 2. The van der Waals surface area contributed by atoms with Gasteiger partial charge in [-0.25, -0.2) is 4.98 Å². The van der Waals surface area contributed by atoms with Crippen molar-refractivity contribution in [3.8, 4) is 16.9 Å². The van der Waals surface area contributed by atoms with Gasteiger partial charge in [0.15, 0.2) is 5.75 Å². The Labute approximate surface area is 180 Å². The quantitative estimate of drug-likeness (QED) is 0.626. The Morgan fingerprint density at radius 2 is 1.72 bits per heavy atom. The number of benzene rings is 1. The van der Waals surface area contributed by atoms with Crippen molar-refractivity contribution >= 4 is 29.0 Å². The Morgan fingerprint density at radius 3 is 2.45 bits per heavy atom. The van der Waals surface area contributed by atoms with Gasteiger partial charge in [0, 0.05) is 50.7 Å². The highest BCUT2D eigenvalue weighted by Crippen LogP contribution is 2.38. The molecule has 2 aromatic heterocycles. The molecule has 0 aliphatic carbocycles. The summed E-state index contributed by atoms with van der Waals surface area (Å²) in [6.45, 7) is 4.28. The number of hydrogen-bond donors (Lipinski definition) is 1.